The second kappa shape index (κ2) is 7.06. The van der Waals surface area contributed by atoms with E-state index in [2.05, 4.69) is 17.6 Å². The highest BCUT2D eigenvalue weighted by molar-refractivity contribution is 6.01. The van der Waals surface area contributed by atoms with Gasteiger partial charge in [-0.2, -0.15) is 0 Å². The van der Waals surface area contributed by atoms with Crippen LogP contribution in [-0.2, 0) is 16.0 Å². The molecule has 1 aromatic carbocycles. The fraction of sp³-hybridized carbons (Fsp3) is 0.438. The fourth-order valence-electron chi connectivity index (χ4n) is 2.32. The molecule has 2 rings (SSSR count). The lowest BCUT2D eigenvalue weighted by molar-refractivity contribution is -0.126. The van der Waals surface area contributed by atoms with Crippen molar-refractivity contribution in [3.8, 4) is 0 Å². The van der Waals surface area contributed by atoms with E-state index < -0.39 is 6.03 Å². The summed E-state index contributed by atoms with van der Waals surface area (Å²) in [6.45, 7) is 4.41. The molecule has 0 spiro atoms. The molecule has 6 nitrogen and oxygen atoms in total. The SMILES string of the molecule is CCc1ccc(C(C)C(=O)NCCN2C(=O)CNC2=O)cc1. The van der Waals surface area contributed by atoms with Crippen LogP contribution in [-0.4, -0.2) is 42.4 Å². The Morgan fingerprint density at radius 1 is 1.32 bits per heavy atom. The molecule has 118 valence electrons. The van der Waals surface area contributed by atoms with Gasteiger partial charge in [-0.05, 0) is 24.5 Å². The molecule has 1 heterocycles. The maximum Gasteiger partial charge on any atom is 0.324 e. The van der Waals surface area contributed by atoms with E-state index in [1.165, 1.54) is 5.56 Å². The summed E-state index contributed by atoms with van der Waals surface area (Å²) in [5.74, 6) is -0.646. The summed E-state index contributed by atoms with van der Waals surface area (Å²) in [7, 11) is 0. The summed E-state index contributed by atoms with van der Waals surface area (Å²) < 4.78 is 0. The monoisotopic (exact) mass is 303 g/mol. The van der Waals surface area contributed by atoms with Crippen LogP contribution in [0.3, 0.4) is 0 Å². The van der Waals surface area contributed by atoms with Gasteiger partial charge in [-0.15, -0.1) is 0 Å². The molecule has 1 unspecified atom stereocenters. The maximum atomic E-state index is 12.1. The van der Waals surface area contributed by atoms with Crippen molar-refractivity contribution in [2.24, 2.45) is 0 Å². The van der Waals surface area contributed by atoms with Crippen LogP contribution in [0, 0.1) is 0 Å². The third-order valence-corrected chi connectivity index (χ3v) is 3.85. The number of aryl methyl sites for hydroxylation is 1. The summed E-state index contributed by atoms with van der Waals surface area (Å²) in [5.41, 5.74) is 2.18. The van der Waals surface area contributed by atoms with E-state index in [-0.39, 0.29) is 37.4 Å². The first-order valence-electron chi connectivity index (χ1n) is 7.47. The van der Waals surface area contributed by atoms with Gasteiger partial charge in [0, 0.05) is 13.1 Å². The third-order valence-electron chi connectivity index (χ3n) is 3.85. The normalized spacial score (nSPS) is 15.6. The van der Waals surface area contributed by atoms with Gasteiger partial charge in [0.1, 0.15) is 0 Å². The molecular weight excluding hydrogens is 282 g/mol. The lowest BCUT2D eigenvalue weighted by Gasteiger charge is -2.16. The number of urea groups is 1. The molecule has 1 aliphatic rings. The van der Waals surface area contributed by atoms with Gasteiger partial charge in [-0.3, -0.25) is 14.5 Å². The zero-order valence-corrected chi connectivity index (χ0v) is 12.9. The molecular formula is C16H21N3O3. The number of rotatable bonds is 6. The van der Waals surface area contributed by atoms with Crippen LogP contribution in [0.15, 0.2) is 24.3 Å². The van der Waals surface area contributed by atoms with Gasteiger partial charge in [0.2, 0.25) is 11.8 Å². The number of carbonyl (C=O) groups is 3. The van der Waals surface area contributed by atoms with Gasteiger partial charge < -0.3 is 10.6 Å². The average Bonchev–Trinajstić information content (AvgIpc) is 2.86. The Bertz CT molecular complexity index is 553. The summed E-state index contributed by atoms with van der Waals surface area (Å²) in [4.78, 5) is 36.0. The highest BCUT2D eigenvalue weighted by Crippen LogP contribution is 2.16. The molecule has 6 heteroatoms. The number of hydrogen-bond donors (Lipinski definition) is 2. The zero-order chi connectivity index (χ0) is 16.1. The smallest absolute Gasteiger partial charge is 0.324 e. The Labute approximate surface area is 129 Å². The van der Waals surface area contributed by atoms with Crippen molar-refractivity contribution in [2.45, 2.75) is 26.2 Å². The zero-order valence-electron chi connectivity index (χ0n) is 12.9. The Balaban J connectivity index is 1.83. The molecule has 0 radical (unpaired) electrons. The van der Waals surface area contributed by atoms with Crippen LogP contribution >= 0.6 is 0 Å². The van der Waals surface area contributed by atoms with Crippen LogP contribution in [0.4, 0.5) is 4.79 Å². The van der Waals surface area contributed by atoms with E-state index in [1.807, 2.05) is 31.2 Å². The Hall–Kier alpha value is -2.37. The highest BCUT2D eigenvalue weighted by Gasteiger charge is 2.28. The molecule has 1 aromatic rings. The quantitative estimate of drug-likeness (QED) is 0.770. The molecule has 0 aliphatic carbocycles. The van der Waals surface area contributed by atoms with E-state index in [4.69, 9.17) is 0 Å². The Morgan fingerprint density at radius 2 is 2.00 bits per heavy atom. The van der Waals surface area contributed by atoms with Gasteiger partial charge in [-0.25, -0.2) is 4.79 Å². The summed E-state index contributed by atoms with van der Waals surface area (Å²) in [6, 6.07) is 7.56. The van der Waals surface area contributed by atoms with Crippen molar-refractivity contribution in [3.05, 3.63) is 35.4 Å². The summed E-state index contributed by atoms with van der Waals surface area (Å²) in [6.07, 6.45) is 0.965. The van der Waals surface area contributed by atoms with Crippen molar-refractivity contribution in [1.29, 1.82) is 0 Å². The van der Waals surface area contributed by atoms with Crippen molar-refractivity contribution < 1.29 is 14.4 Å². The number of nitrogens with one attached hydrogen (secondary N) is 2. The second-order valence-electron chi connectivity index (χ2n) is 5.31. The van der Waals surface area contributed by atoms with Crippen molar-refractivity contribution in [2.75, 3.05) is 19.6 Å². The minimum atomic E-state index is -0.401. The first-order valence-corrected chi connectivity index (χ1v) is 7.47. The summed E-state index contributed by atoms with van der Waals surface area (Å²) >= 11 is 0. The molecule has 4 amide bonds. The van der Waals surface area contributed by atoms with Crippen LogP contribution in [0.25, 0.3) is 0 Å². The maximum absolute atomic E-state index is 12.1. The first kappa shape index (κ1) is 16.0. The van der Waals surface area contributed by atoms with Crippen LogP contribution in [0.2, 0.25) is 0 Å². The predicted octanol–water partition coefficient (Wildman–Crippen LogP) is 1.02. The lowest BCUT2D eigenvalue weighted by atomic mass is 9.98. The van der Waals surface area contributed by atoms with E-state index in [1.54, 1.807) is 0 Å². The van der Waals surface area contributed by atoms with Gasteiger partial charge in [-0.1, -0.05) is 31.2 Å². The summed E-state index contributed by atoms with van der Waals surface area (Å²) in [5, 5.41) is 5.21. The number of amides is 4. The number of hydrogen-bond acceptors (Lipinski definition) is 3. The molecule has 0 aromatic heterocycles. The standard InChI is InChI=1S/C16H21N3O3/c1-3-12-4-6-13(7-5-12)11(2)15(21)17-8-9-19-14(20)10-18-16(19)22/h4-7,11H,3,8-10H2,1-2H3,(H,17,21)(H,18,22). The predicted molar refractivity (Wildman–Crippen MR) is 82.4 cm³/mol. The second-order valence-corrected chi connectivity index (χ2v) is 5.31. The first-order chi connectivity index (χ1) is 10.5. The van der Waals surface area contributed by atoms with Crippen LogP contribution in [0.5, 0.6) is 0 Å². The lowest BCUT2D eigenvalue weighted by Crippen LogP contribution is -2.39. The van der Waals surface area contributed by atoms with Crippen LogP contribution < -0.4 is 10.6 Å². The van der Waals surface area contributed by atoms with Gasteiger partial charge in [0.05, 0.1) is 12.5 Å². The molecule has 1 saturated heterocycles. The molecule has 1 aliphatic heterocycles. The van der Waals surface area contributed by atoms with Crippen LogP contribution in [0.1, 0.15) is 30.9 Å². The minimum Gasteiger partial charge on any atom is -0.354 e. The molecule has 1 atom stereocenters. The highest BCUT2D eigenvalue weighted by atomic mass is 16.2. The van der Waals surface area contributed by atoms with Gasteiger partial charge in [0.25, 0.3) is 0 Å². The average molecular weight is 303 g/mol. The molecule has 0 saturated carbocycles. The van der Waals surface area contributed by atoms with E-state index >= 15 is 0 Å². The number of imide groups is 1. The van der Waals surface area contributed by atoms with E-state index in [0.717, 1.165) is 16.9 Å². The number of nitrogens with zero attached hydrogens (tertiary/aromatic N) is 1. The largest absolute Gasteiger partial charge is 0.354 e. The van der Waals surface area contributed by atoms with E-state index in [0.29, 0.717) is 0 Å². The molecule has 0 bridgehead atoms. The van der Waals surface area contributed by atoms with E-state index in [9.17, 15) is 14.4 Å². The molecule has 1 fully saturated rings. The third kappa shape index (κ3) is 3.63. The van der Waals surface area contributed by atoms with Gasteiger partial charge >= 0.3 is 6.03 Å². The van der Waals surface area contributed by atoms with Gasteiger partial charge in [0.15, 0.2) is 0 Å². The molecule has 22 heavy (non-hydrogen) atoms. The topological polar surface area (TPSA) is 78.5 Å². The Morgan fingerprint density at radius 3 is 2.55 bits per heavy atom. The molecule has 2 N–H and O–H groups in total. The Kier molecular flexibility index (Phi) is 5.14. The van der Waals surface area contributed by atoms with Crippen molar-refractivity contribution in [3.63, 3.8) is 0 Å². The number of benzene rings is 1. The minimum absolute atomic E-state index is 0.0347. The fourth-order valence-corrected chi connectivity index (χ4v) is 2.32. The number of carbonyl (C=O) groups excluding carboxylic acids is 3. The van der Waals surface area contributed by atoms with Crippen molar-refractivity contribution >= 4 is 17.8 Å². The van der Waals surface area contributed by atoms with Crippen molar-refractivity contribution in [1.82, 2.24) is 15.5 Å².